The van der Waals surface area contributed by atoms with Gasteiger partial charge in [0.2, 0.25) is 0 Å². The smallest absolute Gasteiger partial charge is 0.153 e. The summed E-state index contributed by atoms with van der Waals surface area (Å²) in [7, 11) is 0. The molecule has 1 unspecified atom stereocenters. The third-order valence-electron chi connectivity index (χ3n) is 2.97. The van der Waals surface area contributed by atoms with Crippen LogP contribution < -0.4 is 0 Å². The van der Waals surface area contributed by atoms with Crippen molar-refractivity contribution in [2.45, 2.75) is 18.1 Å². The number of fused-ring (bicyclic) bond motifs is 1. The molecule has 1 atom stereocenters. The van der Waals surface area contributed by atoms with Gasteiger partial charge in [-0.3, -0.25) is 4.79 Å². The summed E-state index contributed by atoms with van der Waals surface area (Å²) < 4.78 is 5.69. The average Bonchev–Trinajstić information content (AvgIpc) is 2.57. The Morgan fingerprint density at radius 1 is 1.41 bits per heavy atom. The Bertz CT molecular complexity index is 506. The number of carbonyl (C=O) groups excluding carboxylic acids is 1. The van der Waals surface area contributed by atoms with Crippen molar-refractivity contribution < 1.29 is 9.53 Å². The van der Waals surface area contributed by atoms with Crippen LogP contribution in [0, 0.1) is 0 Å². The van der Waals surface area contributed by atoms with Gasteiger partial charge in [-0.25, -0.2) is 0 Å². The van der Waals surface area contributed by atoms with Gasteiger partial charge in [0.05, 0.1) is 17.1 Å². The molecule has 0 saturated carbocycles. The molecular weight excluding hydrogens is 232 g/mol. The molecule has 1 aliphatic heterocycles. The molecule has 2 aliphatic carbocycles. The van der Waals surface area contributed by atoms with Gasteiger partial charge in [-0.2, -0.15) is 0 Å². The molecule has 0 aromatic carbocycles. The van der Waals surface area contributed by atoms with Gasteiger partial charge in [-0.05, 0) is 12.8 Å². The zero-order valence-corrected chi connectivity index (χ0v) is 10.1. The number of thioether (sulfide) groups is 1. The highest BCUT2D eigenvalue weighted by atomic mass is 32.2. The van der Waals surface area contributed by atoms with Gasteiger partial charge in [-0.15, -0.1) is 11.8 Å². The molecule has 0 radical (unpaired) electrons. The summed E-state index contributed by atoms with van der Waals surface area (Å²) in [5.41, 5.74) is 1.83. The molecule has 3 heteroatoms. The molecule has 17 heavy (non-hydrogen) atoms. The predicted molar refractivity (Wildman–Crippen MR) is 69.2 cm³/mol. The van der Waals surface area contributed by atoms with Crippen LogP contribution in [0.1, 0.15) is 12.8 Å². The summed E-state index contributed by atoms with van der Waals surface area (Å²) in [5.74, 6) is 0.750. The van der Waals surface area contributed by atoms with E-state index in [2.05, 4.69) is 18.2 Å². The Hall–Kier alpha value is -1.48. The maximum absolute atomic E-state index is 11.0. The van der Waals surface area contributed by atoms with Crippen LogP contribution in [0.3, 0.4) is 0 Å². The third-order valence-corrected chi connectivity index (χ3v) is 4.33. The number of hydrogen-bond acceptors (Lipinski definition) is 3. The van der Waals surface area contributed by atoms with E-state index in [0.29, 0.717) is 10.8 Å². The molecule has 0 aromatic rings. The number of aldehydes is 1. The van der Waals surface area contributed by atoms with E-state index in [0.717, 1.165) is 30.5 Å². The summed E-state index contributed by atoms with van der Waals surface area (Å²) in [4.78, 5) is 12.2. The molecule has 3 aliphatic rings. The van der Waals surface area contributed by atoms with Crippen LogP contribution in [0.2, 0.25) is 0 Å². The normalized spacial score (nSPS) is 26.2. The summed E-state index contributed by atoms with van der Waals surface area (Å²) in [6, 6.07) is 0. The van der Waals surface area contributed by atoms with E-state index < -0.39 is 0 Å². The van der Waals surface area contributed by atoms with Gasteiger partial charge >= 0.3 is 0 Å². The van der Waals surface area contributed by atoms with Crippen molar-refractivity contribution in [2.75, 3.05) is 0 Å². The first-order valence-corrected chi connectivity index (χ1v) is 6.53. The zero-order chi connectivity index (χ0) is 11.7. The second kappa shape index (κ2) is 4.41. The lowest BCUT2D eigenvalue weighted by molar-refractivity contribution is -0.104. The van der Waals surface area contributed by atoms with Crippen molar-refractivity contribution in [3.8, 4) is 0 Å². The first kappa shape index (κ1) is 10.7. The van der Waals surface area contributed by atoms with E-state index in [4.69, 9.17) is 4.74 Å². The second-order valence-electron chi connectivity index (χ2n) is 4.09. The number of carbonyl (C=O) groups is 1. The molecular formula is C14H12O2S. The maximum atomic E-state index is 11.0. The SMILES string of the molecule is O=CC1=CCCC2=C1OC=C1C=CC=CC1S2. The fourth-order valence-electron chi connectivity index (χ4n) is 2.11. The van der Waals surface area contributed by atoms with E-state index in [9.17, 15) is 4.79 Å². The van der Waals surface area contributed by atoms with Gasteiger partial charge < -0.3 is 4.74 Å². The van der Waals surface area contributed by atoms with E-state index in [-0.39, 0.29) is 0 Å². The number of ether oxygens (including phenoxy) is 1. The van der Waals surface area contributed by atoms with Crippen molar-refractivity contribution in [2.24, 2.45) is 0 Å². The van der Waals surface area contributed by atoms with Crippen molar-refractivity contribution in [3.05, 3.63) is 58.5 Å². The third kappa shape index (κ3) is 1.91. The molecule has 0 fully saturated rings. The highest BCUT2D eigenvalue weighted by molar-refractivity contribution is 8.04. The minimum absolute atomic E-state index is 0.318. The topological polar surface area (TPSA) is 26.3 Å². The molecule has 0 saturated heterocycles. The van der Waals surface area contributed by atoms with Gasteiger partial charge in [0, 0.05) is 10.5 Å². The van der Waals surface area contributed by atoms with Crippen LogP contribution in [0.4, 0.5) is 0 Å². The van der Waals surface area contributed by atoms with Crippen LogP contribution >= 0.6 is 11.8 Å². The van der Waals surface area contributed by atoms with Gasteiger partial charge in [0.15, 0.2) is 6.29 Å². The van der Waals surface area contributed by atoms with Gasteiger partial charge in [0.1, 0.15) is 5.76 Å². The number of rotatable bonds is 1. The van der Waals surface area contributed by atoms with E-state index in [1.807, 2.05) is 12.2 Å². The fraction of sp³-hybridized carbons (Fsp3) is 0.214. The molecule has 0 spiro atoms. The lowest BCUT2D eigenvalue weighted by Gasteiger charge is -2.18. The zero-order valence-electron chi connectivity index (χ0n) is 9.26. The first-order chi connectivity index (χ1) is 8.38. The van der Waals surface area contributed by atoms with Gasteiger partial charge in [-0.1, -0.05) is 30.4 Å². The van der Waals surface area contributed by atoms with E-state index in [1.165, 1.54) is 4.91 Å². The Morgan fingerprint density at radius 2 is 2.35 bits per heavy atom. The molecule has 0 N–H and O–H groups in total. The van der Waals surface area contributed by atoms with Crippen molar-refractivity contribution in [1.29, 1.82) is 0 Å². The minimum atomic E-state index is 0.318. The lowest BCUT2D eigenvalue weighted by atomic mass is 10.1. The number of allylic oxidation sites excluding steroid dienone is 6. The maximum Gasteiger partial charge on any atom is 0.153 e. The van der Waals surface area contributed by atoms with Crippen LogP contribution in [-0.2, 0) is 9.53 Å². The lowest BCUT2D eigenvalue weighted by Crippen LogP contribution is -2.04. The van der Waals surface area contributed by atoms with Crippen molar-refractivity contribution >= 4 is 18.0 Å². The quantitative estimate of drug-likeness (QED) is 0.662. The first-order valence-electron chi connectivity index (χ1n) is 5.65. The summed E-state index contributed by atoms with van der Waals surface area (Å²) in [6.07, 6.45) is 14.8. The monoisotopic (exact) mass is 244 g/mol. The fourth-order valence-corrected chi connectivity index (χ4v) is 3.36. The van der Waals surface area contributed by atoms with Crippen LogP contribution in [0.15, 0.2) is 58.5 Å². The molecule has 0 aromatic heterocycles. The standard InChI is InChI=1S/C14H12O2S/c15-8-10-5-3-7-13-14(10)16-9-11-4-1-2-6-12(11)17-13/h1-2,4-6,8-9,12H,3,7H2. The number of hydrogen-bond donors (Lipinski definition) is 0. The Kier molecular flexibility index (Phi) is 2.77. The molecule has 0 amide bonds. The minimum Gasteiger partial charge on any atom is -0.463 e. The molecule has 3 rings (SSSR count). The van der Waals surface area contributed by atoms with E-state index >= 15 is 0 Å². The van der Waals surface area contributed by atoms with Crippen LogP contribution in [0.5, 0.6) is 0 Å². The largest absolute Gasteiger partial charge is 0.463 e. The molecule has 0 bridgehead atoms. The summed E-state index contributed by atoms with van der Waals surface area (Å²) >= 11 is 1.79. The van der Waals surface area contributed by atoms with Crippen molar-refractivity contribution in [1.82, 2.24) is 0 Å². The summed E-state index contributed by atoms with van der Waals surface area (Å²) in [6.45, 7) is 0. The van der Waals surface area contributed by atoms with Crippen molar-refractivity contribution in [3.63, 3.8) is 0 Å². The Morgan fingerprint density at radius 3 is 3.24 bits per heavy atom. The predicted octanol–water partition coefficient (Wildman–Crippen LogP) is 3.26. The summed E-state index contributed by atoms with van der Waals surface area (Å²) in [5, 5.41) is 0.318. The molecule has 1 heterocycles. The van der Waals surface area contributed by atoms with Gasteiger partial charge in [0.25, 0.3) is 0 Å². The van der Waals surface area contributed by atoms with E-state index in [1.54, 1.807) is 18.0 Å². The average molecular weight is 244 g/mol. The molecule has 2 nitrogen and oxygen atoms in total. The highest BCUT2D eigenvalue weighted by Gasteiger charge is 2.25. The molecule has 86 valence electrons. The van der Waals surface area contributed by atoms with Crippen LogP contribution in [-0.4, -0.2) is 11.5 Å². The highest BCUT2D eigenvalue weighted by Crippen LogP contribution is 2.41. The second-order valence-corrected chi connectivity index (χ2v) is 5.32. The Balaban J connectivity index is 1.98. The van der Waals surface area contributed by atoms with Crippen LogP contribution in [0.25, 0.3) is 0 Å². The Labute approximate surface area is 104 Å².